The van der Waals surface area contributed by atoms with Gasteiger partial charge in [-0.15, -0.1) is 0 Å². The van der Waals surface area contributed by atoms with E-state index in [1.807, 2.05) is 11.4 Å². The minimum atomic E-state index is -0.595. The molecule has 0 aliphatic carbocycles. The number of nitrogens with two attached hydrogens (primary N) is 1. The van der Waals surface area contributed by atoms with Gasteiger partial charge in [-0.3, -0.25) is 9.59 Å². The van der Waals surface area contributed by atoms with Crippen LogP contribution in [0.4, 0.5) is 5.82 Å². The molecule has 0 fully saturated rings. The number of carbonyl (C=O) groups is 2. The van der Waals surface area contributed by atoms with Gasteiger partial charge in [0.1, 0.15) is 35.0 Å². The van der Waals surface area contributed by atoms with Crippen LogP contribution >= 0.6 is 23.1 Å². The second-order valence-corrected chi connectivity index (χ2v) is 7.45. The highest BCUT2D eigenvalue weighted by molar-refractivity contribution is 8.00. The molecule has 7 nitrogen and oxygen atoms in total. The number of hydrogen-bond acceptors (Lipinski definition) is 9. The molecule has 0 aliphatic heterocycles. The predicted octanol–water partition coefficient (Wildman–Crippen LogP) is 3.14. The fourth-order valence-corrected chi connectivity index (χ4v) is 3.76. The van der Waals surface area contributed by atoms with Crippen LogP contribution in [0.2, 0.25) is 0 Å². The number of anilines is 1. The first-order valence-electron chi connectivity index (χ1n) is 7.87. The van der Waals surface area contributed by atoms with Gasteiger partial charge in [0, 0.05) is 5.56 Å². The fraction of sp³-hybridized carbons (Fsp3) is 0.278. The second-order valence-electron chi connectivity index (χ2n) is 5.71. The molecular formula is C18H16N4O3S2. The summed E-state index contributed by atoms with van der Waals surface area (Å²) in [5, 5.41) is 22.9. The summed E-state index contributed by atoms with van der Waals surface area (Å²) in [5.41, 5.74) is 7.30. The van der Waals surface area contributed by atoms with E-state index in [1.54, 1.807) is 25.3 Å². The van der Waals surface area contributed by atoms with Gasteiger partial charge < -0.3 is 10.5 Å². The molecule has 2 N–H and O–H groups in total. The molecule has 2 heterocycles. The van der Waals surface area contributed by atoms with Gasteiger partial charge in [-0.05, 0) is 36.2 Å². The van der Waals surface area contributed by atoms with E-state index in [2.05, 4.69) is 11.1 Å². The zero-order chi connectivity index (χ0) is 20.0. The number of nitrogens with zero attached hydrogens (tertiary/aromatic N) is 3. The molecular weight excluding hydrogens is 384 g/mol. The van der Waals surface area contributed by atoms with E-state index in [4.69, 9.17) is 10.5 Å². The SMILES string of the molecule is CC(C)OC(=O)CC(=O)CSc1nc(N)c(C#N)c(-c2ccsc2)c1C#N. The summed E-state index contributed by atoms with van der Waals surface area (Å²) in [7, 11) is 0. The van der Waals surface area contributed by atoms with Crippen molar-refractivity contribution in [2.24, 2.45) is 0 Å². The maximum atomic E-state index is 12.0. The topological polar surface area (TPSA) is 130 Å². The number of ketones is 1. The number of Topliss-reactive ketones (excluding diaryl/α,β-unsaturated/α-hetero) is 1. The molecule has 2 rings (SSSR count). The van der Waals surface area contributed by atoms with E-state index >= 15 is 0 Å². The van der Waals surface area contributed by atoms with Crippen molar-refractivity contribution in [3.05, 3.63) is 28.0 Å². The van der Waals surface area contributed by atoms with Crippen LogP contribution in [0.1, 0.15) is 31.4 Å². The van der Waals surface area contributed by atoms with Crippen LogP contribution in [0.25, 0.3) is 11.1 Å². The zero-order valence-corrected chi connectivity index (χ0v) is 16.3. The molecule has 9 heteroatoms. The molecule has 0 saturated heterocycles. The summed E-state index contributed by atoms with van der Waals surface area (Å²) in [4.78, 5) is 27.7. The largest absolute Gasteiger partial charge is 0.463 e. The quantitative estimate of drug-likeness (QED) is 0.426. The molecule has 0 amide bonds. The van der Waals surface area contributed by atoms with Crippen LogP contribution in [-0.2, 0) is 14.3 Å². The highest BCUT2D eigenvalue weighted by Crippen LogP contribution is 2.36. The number of rotatable bonds is 7. The average molecular weight is 400 g/mol. The lowest BCUT2D eigenvalue weighted by Gasteiger charge is -2.11. The Balaban J connectivity index is 2.28. The monoisotopic (exact) mass is 400 g/mol. The number of hydrogen-bond donors (Lipinski definition) is 1. The van der Waals surface area contributed by atoms with Gasteiger partial charge in [-0.25, -0.2) is 4.98 Å². The Bertz CT molecular complexity index is 941. The minimum Gasteiger partial charge on any atom is -0.463 e. The van der Waals surface area contributed by atoms with Crippen molar-refractivity contribution in [3.8, 4) is 23.3 Å². The van der Waals surface area contributed by atoms with E-state index in [1.165, 1.54) is 11.3 Å². The number of carbonyl (C=O) groups excluding carboxylic acids is 2. The number of thiophene rings is 1. The van der Waals surface area contributed by atoms with E-state index in [-0.39, 0.29) is 46.0 Å². The number of esters is 1. The number of aromatic nitrogens is 1. The normalized spacial score (nSPS) is 10.3. The highest BCUT2D eigenvalue weighted by atomic mass is 32.2. The lowest BCUT2D eigenvalue weighted by molar-refractivity contribution is -0.149. The van der Waals surface area contributed by atoms with E-state index in [0.717, 1.165) is 11.8 Å². The predicted molar refractivity (Wildman–Crippen MR) is 103 cm³/mol. The molecule has 27 heavy (non-hydrogen) atoms. The standard InChI is InChI=1S/C18H16N4O3S2/c1-10(2)25-15(24)5-12(23)9-27-18-14(7-20)16(11-3-4-26-8-11)13(6-19)17(21)22-18/h3-4,8,10H,5,9H2,1-2H3,(H2,21,22). The van der Waals surface area contributed by atoms with Crippen LogP contribution in [0.5, 0.6) is 0 Å². The Labute approximate surface area is 164 Å². The van der Waals surface area contributed by atoms with Crippen molar-refractivity contribution in [2.45, 2.75) is 31.4 Å². The van der Waals surface area contributed by atoms with Crippen molar-refractivity contribution in [2.75, 3.05) is 11.5 Å². The van der Waals surface area contributed by atoms with Crippen molar-refractivity contribution in [3.63, 3.8) is 0 Å². The molecule has 0 spiro atoms. The first kappa shape index (κ1) is 20.4. The summed E-state index contributed by atoms with van der Waals surface area (Å²) in [6.07, 6.45) is -0.646. The van der Waals surface area contributed by atoms with Gasteiger partial charge in [0.25, 0.3) is 0 Å². The second kappa shape index (κ2) is 9.17. The number of nitrogen functional groups attached to an aromatic ring is 1. The highest BCUT2D eigenvalue weighted by Gasteiger charge is 2.22. The minimum absolute atomic E-state index is 0.00753. The van der Waals surface area contributed by atoms with Crippen LogP contribution < -0.4 is 5.73 Å². The lowest BCUT2D eigenvalue weighted by Crippen LogP contribution is -2.16. The first-order valence-corrected chi connectivity index (χ1v) is 9.80. The molecule has 0 atom stereocenters. The number of nitriles is 2. The van der Waals surface area contributed by atoms with Gasteiger partial charge in [0.2, 0.25) is 0 Å². The maximum Gasteiger partial charge on any atom is 0.313 e. The number of ether oxygens (including phenoxy) is 1. The van der Waals surface area contributed by atoms with Crippen LogP contribution in [-0.4, -0.2) is 28.6 Å². The third-order valence-corrected chi connectivity index (χ3v) is 5.02. The van der Waals surface area contributed by atoms with Gasteiger partial charge in [-0.1, -0.05) is 11.8 Å². The zero-order valence-electron chi connectivity index (χ0n) is 14.7. The van der Waals surface area contributed by atoms with Crippen molar-refractivity contribution < 1.29 is 14.3 Å². The van der Waals surface area contributed by atoms with Crippen molar-refractivity contribution in [1.29, 1.82) is 10.5 Å². The number of pyridine rings is 1. The number of thioether (sulfide) groups is 1. The summed E-state index contributed by atoms with van der Waals surface area (Å²) in [6.45, 7) is 3.40. The third-order valence-electron chi connectivity index (χ3n) is 3.30. The molecule has 0 aromatic carbocycles. The van der Waals surface area contributed by atoms with Crippen LogP contribution in [0, 0.1) is 22.7 Å². The van der Waals surface area contributed by atoms with Gasteiger partial charge in [-0.2, -0.15) is 21.9 Å². The van der Waals surface area contributed by atoms with Crippen molar-refractivity contribution >= 4 is 40.7 Å². The molecule has 0 aliphatic rings. The molecule has 0 radical (unpaired) electrons. The van der Waals surface area contributed by atoms with E-state index in [9.17, 15) is 20.1 Å². The summed E-state index contributed by atoms with van der Waals surface area (Å²) >= 11 is 2.43. The lowest BCUT2D eigenvalue weighted by atomic mass is 9.99. The first-order chi connectivity index (χ1) is 12.9. The Hall–Kier alpha value is -2.88. The Morgan fingerprint density at radius 3 is 2.59 bits per heavy atom. The molecule has 0 unspecified atom stereocenters. The average Bonchev–Trinajstić information content (AvgIpc) is 3.12. The van der Waals surface area contributed by atoms with E-state index in [0.29, 0.717) is 11.1 Å². The third kappa shape index (κ3) is 5.07. The maximum absolute atomic E-state index is 12.0. The molecule has 2 aromatic rings. The molecule has 0 bridgehead atoms. The Kier molecular flexibility index (Phi) is 6.94. The van der Waals surface area contributed by atoms with Gasteiger partial charge in [0.05, 0.1) is 17.4 Å². The Morgan fingerprint density at radius 2 is 2.04 bits per heavy atom. The fourth-order valence-electron chi connectivity index (χ4n) is 2.26. The summed E-state index contributed by atoms with van der Waals surface area (Å²) in [6, 6.07) is 5.83. The van der Waals surface area contributed by atoms with Crippen LogP contribution in [0.3, 0.4) is 0 Å². The molecule has 138 valence electrons. The molecule has 0 saturated carbocycles. The van der Waals surface area contributed by atoms with E-state index < -0.39 is 5.97 Å². The smallest absolute Gasteiger partial charge is 0.313 e. The Morgan fingerprint density at radius 1 is 1.33 bits per heavy atom. The molecule has 2 aromatic heterocycles. The van der Waals surface area contributed by atoms with Gasteiger partial charge >= 0.3 is 5.97 Å². The van der Waals surface area contributed by atoms with Crippen LogP contribution in [0.15, 0.2) is 21.9 Å². The summed E-state index contributed by atoms with van der Waals surface area (Å²) in [5.74, 6) is -1.02. The van der Waals surface area contributed by atoms with Gasteiger partial charge in [0.15, 0.2) is 5.78 Å². The van der Waals surface area contributed by atoms with Crippen molar-refractivity contribution in [1.82, 2.24) is 4.98 Å². The summed E-state index contributed by atoms with van der Waals surface area (Å²) < 4.78 is 4.94.